The molecule has 5 heteroatoms. The number of nitrogens with zero attached hydrogens (tertiary/aromatic N) is 1. The average Bonchev–Trinajstić information content (AvgIpc) is 2.25. The number of allylic oxidation sites excluding steroid dienone is 1. The van der Waals surface area contributed by atoms with Crippen molar-refractivity contribution in [2.75, 3.05) is 26.3 Å². The van der Waals surface area contributed by atoms with Crippen LogP contribution in [0, 0.1) is 0 Å². The van der Waals surface area contributed by atoms with Gasteiger partial charge in [-0.15, -0.1) is 0 Å². The van der Waals surface area contributed by atoms with E-state index in [1.807, 2.05) is 6.92 Å². The Balaban J connectivity index is 2.70. The van der Waals surface area contributed by atoms with Crippen LogP contribution in [0.4, 0.5) is 0 Å². The Labute approximate surface area is 108 Å². The van der Waals surface area contributed by atoms with E-state index in [1.165, 1.54) is 0 Å². The fourth-order valence-corrected chi connectivity index (χ4v) is 3.10. The summed E-state index contributed by atoms with van der Waals surface area (Å²) in [4.78, 5) is 2.34. The molecular formula is C11H22BrNO2Si. The van der Waals surface area contributed by atoms with Crippen LogP contribution in [0.5, 0.6) is 0 Å². The molecule has 94 valence electrons. The minimum atomic E-state index is -1.54. The highest BCUT2D eigenvalue weighted by Gasteiger charge is 2.28. The number of hydrogen-bond acceptors (Lipinski definition) is 3. The van der Waals surface area contributed by atoms with Crippen molar-refractivity contribution in [2.45, 2.75) is 32.8 Å². The van der Waals surface area contributed by atoms with Gasteiger partial charge in [0.25, 0.3) is 0 Å². The van der Waals surface area contributed by atoms with Crippen molar-refractivity contribution in [3.05, 3.63) is 10.6 Å². The summed E-state index contributed by atoms with van der Waals surface area (Å²) >= 11 is 3.61. The Morgan fingerprint density at radius 1 is 1.38 bits per heavy atom. The van der Waals surface area contributed by atoms with Gasteiger partial charge in [0.15, 0.2) is 8.32 Å². The Bertz CT molecular complexity index is 247. The fourth-order valence-electron chi connectivity index (χ4n) is 1.59. The van der Waals surface area contributed by atoms with Gasteiger partial charge in [-0.25, -0.2) is 0 Å². The quantitative estimate of drug-likeness (QED) is 0.746. The smallest absolute Gasteiger partial charge is 0.186 e. The van der Waals surface area contributed by atoms with Gasteiger partial charge in [0.1, 0.15) is 6.23 Å². The monoisotopic (exact) mass is 307 g/mol. The molecule has 1 rings (SSSR count). The van der Waals surface area contributed by atoms with Crippen molar-refractivity contribution in [3.8, 4) is 0 Å². The zero-order valence-electron chi connectivity index (χ0n) is 10.6. The maximum atomic E-state index is 6.22. The molecule has 16 heavy (non-hydrogen) atoms. The minimum absolute atomic E-state index is 0.0700. The van der Waals surface area contributed by atoms with E-state index in [-0.39, 0.29) is 6.23 Å². The lowest BCUT2D eigenvalue weighted by Gasteiger charge is -2.37. The van der Waals surface area contributed by atoms with Gasteiger partial charge < -0.3 is 9.16 Å². The SMILES string of the molecule is C/C=C(\Br)C(O[Si](C)(C)C)N1CCOCC1. The van der Waals surface area contributed by atoms with Crippen LogP contribution in [0.1, 0.15) is 6.92 Å². The number of ether oxygens (including phenoxy) is 1. The van der Waals surface area contributed by atoms with Crippen LogP contribution in [0.3, 0.4) is 0 Å². The van der Waals surface area contributed by atoms with Crippen molar-refractivity contribution >= 4 is 24.2 Å². The van der Waals surface area contributed by atoms with E-state index in [9.17, 15) is 0 Å². The lowest BCUT2D eigenvalue weighted by Crippen LogP contribution is -2.48. The maximum absolute atomic E-state index is 6.22. The molecule has 1 aliphatic heterocycles. The lowest BCUT2D eigenvalue weighted by atomic mass is 10.3. The molecule has 0 aromatic carbocycles. The van der Waals surface area contributed by atoms with Crippen molar-refractivity contribution in [1.29, 1.82) is 0 Å². The summed E-state index contributed by atoms with van der Waals surface area (Å²) in [5.41, 5.74) is 0. The molecule has 1 saturated heterocycles. The highest BCUT2D eigenvalue weighted by atomic mass is 79.9. The van der Waals surface area contributed by atoms with Gasteiger partial charge in [0, 0.05) is 17.6 Å². The van der Waals surface area contributed by atoms with Gasteiger partial charge in [-0.1, -0.05) is 22.0 Å². The van der Waals surface area contributed by atoms with Crippen LogP contribution in [0.2, 0.25) is 19.6 Å². The minimum Gasteiger partial charge on any atom is -0.398 e. The molecule has 0 saturated carbocycles. The molecular weight excluding hydrogens is 286 g/mol. The largest absolute Gasteiger partial charge is 0.398 e. The van der Waals surface area contributed by atoms with Gasteiger partial charge >= 0.3 is 0 Å². The third kappa shape index (κ3) is 4.67. The first-order chi connectivity index (χ1) is 7.44. The zero-order chi connectivity index (χ0) is 12.2. The molecule has 0 aromatic rings. The highest BCUT2D eigenvalue weighted by molar-refractivity contribution is 9.11. The number of halogens is 1. The van der Waals surface area contributed by atoms with Gasteiger partial charge in [0.2, 0.25) is 0 Å². The molecule has 1 heterocycles. The summed E-state index contributed by atoms with van der Waals surface area (Å²) in [6.07, 6.45) is 2.14. The molecule has 0 aromatic heterocycles. The van der Waals surface area contributed by atoms with Crippen LogP contribution in [-0.2, 0) is 9.16 Å². The van der Waals surface area contributed by atoms with E-state index in [2.05, 4.69) is 46.5 Å². The second-order valence-electron chi connectivity index (χ2n) is 4.90. The molecule has 1 atom stereocenters. The molecule has 0 aliphatic carbocycles. The van der Waals surface area contributed by atoms with Crippen molar-refractivity contribution in [3.63, 3.8) is 0 Å². The van der Waals surface area contributed by atoms with E-state index in [0.717, 1.165) is 30.8 Å². The van der Waals surface area contributed by atoms with E-state index in [1.54, 1.807) is 0 Å². The van der Waals surface area contributed by atoms with Crippen molar-refractivity contribution in [1.82, 2.24) is 4.90 Å². The van der Waals surface area contributed by atoms with Crippen molar-refractivity contribution in [2.24, 2.45) is 0 Å². The van der Waals surface area contributed by atoms with Crippen LogP contribution in [0.25, 0.3) is 0 Å². The topological polar surface area (TPSA) is 21.7 Å². The first-order valence-electron chi connectivity index (χ1n) is 5.75. The standard InChI is InChI=1S/C11H22BrNO2Si/c1-5-10(12)11(15-16(2,3)4)13-6-8-14-9-7-13/h5,11H,6-9H2,1-4H3/b10-5-. The Morgan fingerprint density at radius 3 is 2.38 bits per heavy atom. The van der Waals surface area contributed by atoms with Crippen molar-refractivity contribution < 1.29 is 9.16 Å². The fraction of sp³-hybridized carbons (Fsp3) is 0.818. The molecule has 0 spiro atoms. The highest BCUT2D eigenvalue weighted by Crippen LogP contribution is 2.23. The summed E-state index contributed by atoms with van der Waals surface area (Å²) in [6.45, 7) is 12.2. The second-order valence-corrected chi connectivity index (χ2v) is 10.3. The Kier molecular flexibility index (Phi) is 5.66. The van der Waals surface area contributed by atoms with Crippen LogP contribution in [-0.4, -0.2) is 45.7 Å². The Morgan fingerprint density at radius 2 is 1.94 bits per heavy atom. The third-order valence-electron chi connectivity index (χ3n) is 2.35. The maximum Gasteiger partial charge on any atom is 0.186 e. The van der Waals surface area contributed by atoms with E-state index >= 15 is 0 Å². The summed E-state index contributed by atoms with van der Waals surface area (Å²) in [6, 6.07) is 0. The van der Waals surface area contributed by atoms with Gasteiger partial charge in [-0.05, 0) is 26.6 Å². The van der Waals surface area contributed by atoms with Crippen LogP contribution in [0.15, 0.2) is 10.6 Å². The number of morpholine rings is 1. The average molecular weight is 308 g/mol. The molecule has 0 amide bonds. The molecule has 1 fully saturated rings. The summed E-state index contributed by atoms with van der Waals surface area (Å²) in [7, 11) is -1.54. The van der Waals surface area contributed by atoms with Crippen LogP contribution >= 0.6 is 15.9 Å². The van der Waals surface area contributed by atoms with Gasteiger partial charge in [0.05, 0.1) is 13.2 Å². The van der Waals surface area contributed by atoms with E-state index < -0.39 is 8.32 Å². The molecule has 0 radical (unpaired) electrons. The summed E-state index contributed by atoms with van der Waals surface area (Å²) in [5.74, 6) is 0. The molecule has 1 aliphatic rings. The molecule has 3 nitrogen and oxygen atoms in total. The normalized spacial score (nSPS) is 22.2. The third-order valence-corrected chi connectivity index (χ3v) is 4.13. The molecule has 1 unspecified atom stereocenters. The predicted octanol–water partition coefficient (Wildman–Crippen LogP) is 2.79. The van der Waals surface area contributed by atoms with E-state index in [4.69, 9.17) is 9.16 Å². The van der Waals surface area contributed by atoms with E-state index in [0.29, 0.717) is 0 Å². The molecule has 0 N–H and O–H groups in total. The van der Waals surface area contributed by atoms with Gasteiger partial charge in [-0.2, -0.15) is 0 Å². The molecule has 0 bridgehead atoms. The lowest BCUT2D eigenvalue weighted by molar-refractivity contribution is -0.0295. The summed E-state index contributed by atoms with van der Waals surface area (Å²) in [5, 5.41) is 0. The van der Waals surface area contributed by atoms with Crippen LogP contribution < -0.4 is 0 Å². The first kappa shape index (κ1) is 14.4. The predicted molar refractivity (Wildman–Crippen MR) is 73.3 cm³/mol. The first-order valence-corrected chi connectivity index (χ1v) is 9.95. The Hall–Kier alpha value is 0.317. The number of rotatable bonds is 4. The second kappa shape index (κ2) is 6.30. The summed E-state index contributed by atoms with van der Waals surface area (Å²) < 4.78 is 12.7. The van der Waals surface area contributed by atoms with Gasteiger partial charge in [-0.3, -0.25) is 4.90 Å². The number of hydrogen-bond donors (Lipinski definition) is 0. The zero-order valence-corrected chi connectivity index (χ0v) is 13.2.